The molecule has 2 N–H and O–H groups in total. The normalized spacial score (nSPS) is 9.95. The fourth-order valence-electron chi connectivity index (χ4n) is 1.78. The average molecular weight is 284 g/mol. The van der Waals surface area contributed by atoms with E-state index in [2.05, 4.69) is 5.32 Å². The van der Waals surface area contributed by atoms with Crippen LogP contribution in [-0.4, -0.2) is 23.5 Å². The van der Waals surface area contributed by atoms with Crippen LogP contribution in [0.5, 0.6) is 0 Å². The molecule has 19 heavy (non-hydrogen) atoms. The Labute approximate surface area is 116 Å². The summed E-state index contributed by atoms with van der Waals surface area (Å²) in [6.07, 6.45) is 2.20. The van der Waals surface area contributed by atoms with Gasteiger partial charge in [-0.2, -0.15) is 0 Å². The first-order chi connectivity index (χ1) is 8.58. The van der Waals surface area contributed by atoms with Gasteiger partial charge in [0.1, 0.15) is 5.58 Å². The van der Waals surface area contributed by atoms with E-state index >= 15 is 0 Å². The Morgan fingerprint density at radius 1 is 1.37 bits per heavy atom. The number of carboxylic acids is 1. The van der Waals surface area contributed by atoms with Crippen LogP contribution in [0.2, 0.25) is 0 Å². The fraction of sp³-hybridized carbons (Fsp3) is 0.231. The van der Waals surface area contributed by atoms with Gasteiger partial charge < -0.3 is 14.8 Å². The third kappa shape index (κ3) is 3.48. The predicted octanol–water partition coefficient (Wildman–Crippen LogP) is 2.23. The summed E-state index contributed by atoms with van der Waals surface area (Å²) in [6.45, 7) is 1.96. The highest BCUT2D eigenvalue weighted by molar-refractivity contribution is 5.94. The lowest BCUT2D eigenvalue weighted by molar-refractivity contribution is -0.118. The molecule has 1 heterocycles. The first-order valence-corrected chi connectivity index (χ1v) is 5.56. The largest absolute Gasteiger partial charge is 0.478 e. The van der Waals surface area contributed by atoms with E-state index in [0.717, 1.165) is 10.9 Å². The maximum absolute atomic E-state index is 10.9. The number of amides is 1. The number of fused-ring (bicyclic) bond motifs is 1. The molecule has 6 heteroatoms. The van der Waals surface area contributed by atoms with Gasteiger partial charge in [0.25, 0.3) is 0 Å². The summed E-state index contributed by atoms with van der Waals surface area (Å²) in [5.41, 5.74) is 1.77. The Morgan fingerprint density at radius 3 is 2.74 bits per heavy atom. The molecule has 0 spiro atoms. The lowest BCUT2D eigenvalue weighted by Crippen LogP contribution is -2.22. The third-order valence-electron chi connectivity index (χ3n) is 2.67. The number of furan rings is 1. The Kier molecular flexibility index (Phi) is 4.94. The molecule has 0 atom stereocenters. The van der Waals surface area contributed by atoms with Crippen molar-refractivity contribution in [2.45, 2.75) is 13.3 Å². The highest BCUT2D eigenvalue weighted by Crippen LogP contribution is 2.22. The molecule has 1 aromatic heterocycles. The molecule has 5 nitrogen and oxygen atoms in total. The SMILES string of the molecule is CC(=O)NCCc1coc2ccc(C(=O)O)cc12.Cl. The summed E-state index contributed by atoms with van der Waals surface area (Å²) < 4.78 is 5.34. The molecule has 0 radical (unpaired) electrons. The van der Waals surface area contributed by atoms with Crippen molar-refractivity contribution in [2.75, 3.05) is 6.54 Å². The fourth-order valence-corrected chi connectivity index (χ4v) is 1.78. The number of benzene rings is 1. The van der Waals surface area contributed by atoms with Crippen LogP contribution in [0.15, 0.2) is 28.9 Å². The molecule has 0 fully saturated rings. The van der Waals surface area contributed by atoms with Gasteiger partial charge in [0.05, 0.1) is 11.8 Å². The standard InChI is InChI=1S/C13H13NO4.ClH/c1-8(15)14-5-4-10-7-18-12-3-2-9(13(16)17)6-11(10)12;/h2-3,6-7H,4-5H2,1H3,(H,14,15)(H,16,17);1H. The number of aromatic carboxylic acids is 1. The van der Waals surface area contributed by atoms with E-state index in [1.807, 2.05) is 0 Å². The lowest BCUT2D eigenvalue weighted by atomic mass is 10.1. The second-order valence-electron chi connectivity index (χ2n) is 4.01. The Balaban J connectivity index is 0.00000180. The van der Waals surface area contributed by atoms with E-state index in [4.69, 9.17) is 9.52 Å². The van der Waals surface area contributed by atoms with Crippen molar-refractivity contribution in [2.24, 2.45) is 0 Å². The molecule has 2 rings (SSSR count). The van der Waals surface area contributed by atoms with Crippen molar-refractivity contribution in [1.82, 2.24) is 5.32 Å². The molecule has 0 saturated carbocycles. The molecule has 0 saturated heterocycles. The van der Waals surface area contributed by atoms with E-state index in [1.165, 1.54) is 13.0 Å². The molecule has 0 unspecified atom stereocenters. The molecule has 0 aliphatic heterocycles. The first-order valence-electron chi connectivity index (χ1n) is 5.56. The minimum absolute atomic E-state index is 0. The van der Waals surface area contributed by atoms with Crippen molar-refractivity contribution in [3.05, 3.63) is 35.6 Å². The quantitative estimate of drug-likeness (QED) is 0.902. The highest BCUT2D eigenvalue weighted by Gasteiger charge is 2.09. The van der Waals surface area contributed by atoms with Crippen LogP contribution >= 0.6 is 12.4 Å². The van der Waals surface area contributed by atoms with Crippen molar-refractivity contribution >= 4 is 35.3 Å². The van der Waals surface area contributed by atoms with Gasteiger partial charge in [0.2, 0.25) is 5.91 Å². The molecular weight excluding hydrogens is 270 g/mol. The number of nitrogens with one attached hydrogen (secondary N) is 1. The van der Waals surface area contributed by atoms with E-state index in [9.17, 15) is 9.59 Å². The first kappa shape index (κ1) is 15.0. The number of carbonyl (C=O) groups is 2. The molecule has 102 valence electrons. The topological polar surface area (TPSA) is 79.5 Å². The van der Waals surface area contributed by atoms with Gasteiger partial charge in [-0.1, -0.05) is 0 Å². The molecule has 0 aliphatic carbocycles. The van der Waals surface area contributed by atoms with E-state index < -0.39 is 5.97 Å². The molecule has 0 aliphatic rings. The minimum atomic E-state index is -0.967. The van der Waals surface area contributed by atoms with E-state index in [0.29, 0.717) is 18.5 Å². The number of hydrogen-bond donors (Lipinski definition) is 2. The molecular formula is C13H14ClNO4. The molecule has 1 amide bonds. The van der Waals surface area contributed by atoms with E-state index in [-0.39, 0.29) is 23.9 Å². The summed E-state index contributed by atoms with van der Waals surface area (Å²) in [7, 11) is 0. The summed E-state index contributed by atoms with van der Waals surface area (Å²) >= 11 is 0. The number of rotatable bonds is 4. The van der Waals surface area contributed by atoms with Crippen LogP contribution < -0.4 is 5.32 Å². The second-order valence-corrected chi connectivity index (χ2v) is 4.01. The molecule has 1 aromatic carbocycles. The van der Waals surface area contributed by atoms with E-state index in [1.54, 1.807) is 18.4 Å². The van der Waals surface area contributed by atoms with Gasteiger partial charge in [-0.15, -0.1) is 12.4 Å². The van der Waals surface area contributed by atoms with Crippen molar-refractivity contribution < 1.29 is 19.1 Å². The van der Waals surface area contributed by atoms with Gasteiger partial charge in [0, 0.05) is 18.9 Å². The van der Waals surface area contributed by atoms with Gasteiger partial charge in [-0.25, -0.2) is 4.79 Å². The van der Waals surface area contributed by atoms with Crippen LogP contribution in [0.3, 0.4) is 0 Å². The zero-order valence-electron chi connectivity index (χ0n) is 10.3. The number of carbonyl (C=O) groups excluding carboxylic acids is 1. The average Bonchev–Trinajstić information content (AvgIpc) is 2.71. The smallest absolute Gasteiger partial charge is 0.335 e. The minimum Gasteiger partial charge on any atom is -0.478 e. The Hall–Kier alpha value is -2.01. The number of hydrogen-bond acceptors (Lipinski definition) is 3. The van der Waals surface area contributed by atoms with Crippen LogP contribution in [-0.2, 0) is 11.2 Å². The molecule has 0 bridgehead atoms. The van der Waals surface area contributed by atoms with Crippen LogP contribution in [0.4, 0.5) is 0 Å². The van der Waals surface area contributed by atoms with Crippen LogP contribution in [0, 0.1) is 0 Å². The maximum Gasteiger partial charge on any atom is 0.335 e. The number of halogens is 1. The summed E-state index contributed by atoms with van der Waals surface area (Å²) in [4.78, 5) is 21.7. The van der Waals surface area contributed by atoms with Gasteiger partial charge >= 0.3 is 5.97 Å². The highest BCUT2D eigenvalue weighted by atomic mass is 35.5. The van der Waals surface area contributed by atoms with Gasteiger partial charge in [-0.05, 0) is 30.2 Å². The van der Waals surface area contributed by atoms with Gasteiger partial charge in [-0.3, -0.25) is 4.79 Å². The van der Waals surface area contributed by atoms with Crippen LogP contribution in [0.25, 0.3) is 11.0 Å². The van der Waals surface area contributed by atoms with Crippen molar-refractivity contribution in [3.63, 3.8) is 0 Å². The summed E-state index contributed by atoms with van der Waals surface area (Å²) in [6, 6.07) is 4.73. The van der Waals surface area contributed by atoms with Crippen molar-refractivity contribution in [1.29, 1.82) is 0 Å². The maximum atomic E-state index is 10.9. The zero-order chi connectivity index (χ0) is 13.1. The van der Waals surface area contributed by atoms with Crippen molar-refractivity contribution in [3.8, 4) is 0 Å². The summed E-state index contributed by atoms with van der Waals surface area (Å²) in [5, 5.41) is 12.4. The summed E-state index contributed by atoms with van der Waals surface area (Å²) in [5.74, 6) is -1.06. The lowest BCUT2D eigenvalue weighted by Gasteiger charge is -2.00. The Bertz CT molecular complexity index is 606. The predicted molar refractivity (Wildman–Crippen MR) is 72.8 cm³/mol. The second kappa shape index (κ2) is 6.24. The number of carboxylic acid groups (broad SMARTS) is 1. The molecule has 2 aromatic rings. The third-order valence-corrected chi connectivity index (χ3v) is 2.67. The zero-order valence-corrected chi connectivity index (χ0v) is 11.1. The van der Waals surface area contributed by atoms with Crippen LogP contribution in [0.1, 0.15) is 22.8 Å². The monoisotopic (exact) mass is 283 g/mol. The van der Waals surface area contributed by atoms with Gasteiger partial charge in [0.15, 0.2) is 0 Å². The Morgan fingerprint density at radius 2 is 2.11 bits per heavy atom.